The number of rotatable bonds is 4. The van der Waals surface area contributed by atoms with Gasteiger partial charge in [-0.2, -0.15) is 0 Å². The third-order valence-corrected chi connectivity index (χ3v) is 2.93. The van der Waals surface area contributed by atoms with Gasteiger partial charge in [0, 0.05) is 18.7 Å². The molecule has 1 aliphatic rings. The number of ether oxygens (including phenoxy) is 1. The summed E-state index contributed by atoms with van der Waals surface area (Å²) in [6.07, 6.45) is 0.188. The molecule has 2 rings (SSSR count). The molecule has 1 saturated heterocycles. The van der Waals surface area contributed by atoms with Gasteiger partial charge in [-0.1, -0.05) is 0 Å². The molecule has 1 heterocycles. The molecule has 19 heavy (non-hydrogen) atoms. The number of aliphatic hydroxyl groups is 1. The summed E-state index contributed by atoms with van der Waals surface area (Å²) in [5.41, 5.74) is 5.49. The van der Waals surface area contributed by atoms with Gasteiger partial charge in [0.1, 0.15) is 5.75 Å². The third-order valence-electron chi connectivity index (χ3n) is 2.93. The van der Waals surface area contributed by atoms with Crippen molar-refractivity contribution >= 4 is 11.8 Å². The van der Waals surface area contributed by atoms with Crippen LogP contribution in [0.15, 0.2) is 24.3 Å². The van der Waals surface area contributed by atoms with Gasteiger partial charge in [0.05, 0.1) is 6.10 Å². The second-order valence-electron chi connectivity index (χ2n) is 4.47. The number of likely N-dealkylation sites (tertiary alicyclic amines) is 1. The SMILES string of the molecule is NC(=O)COc1ccc(C(=O)N2CC[C@@H](O)C2)cc1. The molecule has 0 unspecified atom stereocenters. The van der Waals surface area contributed by atoms with E-state index in [1.165, 1.54) is 0 Å². The van der Waals surface area contributed by atoms with Crippen molar-refractivity contribution in [3.63, 3.8) is 0 Å². The lowest BCUT2D eigenvalue weighted by atomic mass is 10.2. The Balaban J connectivity index is 1.97. The molecule has 1 aromatic carbocycles. The number of amides is 2. The summed E-state index contributed by atoms with van der Waals surface area (Å²) in [6, 6.07) is 6.48. The van der Waals surface area contributed by atoms with Crippen molar-refractivity contribution in [1.82, 2.24) is 4.90 Å². The number of hydrogen-bond donors (Lipinski definition) is 2. The molecule has 0 saturated carbocycles. The van der Waals surface area contributed by atoms with Crippen LogP contribution in [0.2, 0.25) is 0 Å². The highest BCUT2D eigenvalue weighted by atomic mass is 16.5. The summed E-state index contributed by atoms with van der Waals surface area (Å²) >= 11 is 0. The number of carbonyl (C=O) groups excluding carboxylic acids is 2. The van der Waals surface area contributed by atoms with Crippen molar-refractivity contribution in [3.8, 4) is 5.75 Å². The molecule has 2 amide bonds. The van der Waals surface area contributed by atoms with E-state index in [2.05, 4.69) is 0 Å². The molecule has 102 valence electrons. The van der Waals surface area contributed by atoms with Crippen molar-refractivity contribution in [2.24, 2.45) is 5.73 Å². The first-order valence-corrected chi connectivity index (χ1v) is 6.05. The lowest BCUT2D eigenvalue weighted by molar-refractivity contribution is -0.119. The minimum absolute atomic E-state index is 0.113. The maximum atomic E-state index is 12.1. The third kappa shape index (κ3) is 3.45. The molecule has 0 aliphatic carbocycles. The Bertz CT molecular complexity index is 472. The molecule has 3 N–H and O–H groups in total. The minimum atomic E-state index is -0.550. The fraction of sp³-hybridized carbons (Fsp3) is 0.385. The normalized spacial score (nSPS) is 18.4. The van der Waals surface area contributed by atoms with Gasteiger partial charge in [-0.15, -0.1) is 0 Å². The largest absolute Gasteiger partial charge is 0.484 e. The molecule has 6 heteroatoms. The van der Waals surface area contributed by atoms with Crippen LogP contribution in [0.4, 0.5) is 0 Å². The Kier molecular flexibility index (Phi) is 4.01. The van der Waals surface area contributed by atoms with Gasteiger partial charge in [-0.3, -0.25) is 9.59 Å². The van der Waals surface area contributed by atoms with Crippen LogP contribution in [0.1, 0.15) is 16.8 Å². The van der Waals surface area contributed by atoms with Crippen LogP contribution in [-0.2, 0) is 4.79 Å². The van der Waals surface area contributed by atoms with Crippen LogP contribution < -0.4 is 10.5 Å². The monoisotopic (exact) mass is 264 g/mol. The zero-order chi connectivity index (χ0) is 13.8. The van der Waals surface area contributed by atoms with Crippen LogP contribution in [0.25, 0.3) is 0 Å². The second kappa shape index (κ2) is 5.71. The molecular weight excluding hydrogens is 248 g/mol. The van der Waals surface area contributed by atoms with Crippen LogP contribution in [0.5, 0.6) is 5.75 Å². The molecule has 0 aromatic heterocycles. The maximum Gasteiger partial charge on any atom is 0.255 e. The second-order valence-corrected chi connectivity index (χ2v) is 4.47. The summed E-state index contributed by atoms with van der Waals surface area (Å²) in [5, 5.41) is 9.40. The summed E-state index contributed by atoms with van der Waals surface area (Å²) in [4.78, 5) is 24.3. The zero-order valence-corrected chi connectivity index (χ0v) is 10.4. The van der Waals surface area contributed by atoms with Gasteiger partial charge in [0.2, 0.25) is 0 Å². The molecule has 1 aromatic rings. The first-order valence-electron chi connectivity index (χ1n) is 6.05. The fourth-order valence-electron chi connectivity index (χ4n) is 1.96. The van der Waals surface area contributed by atoms with Gasteiger partial charge < -0.3 is 20.5 Å². The van der Waals surface area contributed by atoms with Crippen LogP contribution in [0, 0.1) is 0 Å². The van der Waals surface area contributed by atoms with Crippen molar-refractivity contribution < 1.29 is 19.4 Å². The molecule has 0 radical (unpaired) electrons. The first-order chi connectivity index (χ1) is 9.06. The highest BCUT2D eigenvalue weighted by Gasteiger charge is 2.25. The van der Waals surface area contributed by atoms with E-state index in [1.54, 1.807) is 29.2 Å². The number of benzene rings is 1. The summed E-state index contributed by atoms with van der Waals surface area (Å²) in [6.45, 7) is 0.754. The van der Waals surface area contributed by atoms with E-state index in [0.29, 0.717) is 30.8 Å². The number of β-amino-alcohol motifs (C(OH)–C–C–N with tert-alkyl or cyclic N) is 1. The number of nitrogens with two attached hydrogens (primary N) is 1. The minimum Gasteiger partial charge on any atom is -0.484 e. The van der Waals surface area contributed by atoms with Gasteiger partial charge in [0.25, 0.3) is 11.8 Å². The molecule has 0 bridgehead atoms. The molecule has 0 spiro atoms. The Labute approximate surface area is 110 Å². The summed E-state index contributed by atoms with van der Waals surface area (Å²) < 4.78 is 5.11. The molecule has 1 fully saturated rings. The van der Waals surface area contributed by atoms with Gasteiger partial charge >= 0.3 is 0 Å². The predicted octanol–water partition coefficient (Wildman–Crippen LogP) is -0.242. The number of nitrogens with zero attached hydrogens (tertiary/aromatic N) is 1. The highest BCUT2D eigenvalue weighted by molar-refractivity contribution is 5.94. The van der Waals surface area contributed by atoms with Crippen LogP contribution in [-0.4, -0.2) is 47.6 Å². The number of aliphatic hydroxyl groups excluding tert-OH is 1. The van der Waals surface area contributed by atoms with Crippen molar-refractivity contribution in [2.45, 2.75) is 12.5 Å². The number of carbonyl (C=O) groups is 2. The maximum absolute atomic E-state index is 12.1. The van der Waals surface area contributed by atoms with E-state index in [-0.39, 0.29) is 12.5 Å². The highest BCUT2D eigenvalue weighted by Crippen LogP contribution is 2.16. The Hall–Kier alpha value is -2.08. The standard InChI is InChI=1S/C13H16N2O4/c14-12(17)8-19-11-3-1-9(2-4-11)13(18)15-6-5-10(16)7-15/h1-4,10,16H,5-8H2,(H2,14,17)/t10-/m1/s1. The summed E-state index contributed by atoms with van der Waals surface area (Å²) in [5.74, 6) is -0.180. The topological polar surface area (TPSA) is 92.9 Å². The Morgan fingerprint density at radius 3 is 2.58 bits per heavy atom. The van der Waals surface area contributed by atoms with E-state index < -0.39 is 12.0 Å². The molecule has 6 nitrogen and oxygen atoms in total. The molecular formula is C13H16N2O4. The lowest BCUT2D eigenvalue weighted by Crippen LogP contribution is -2.29. The van der Waals surface area contributed by atoms with Gasteiger partial charge in [-0.05, 0) is 30.7 Å². The van der Waals surface area contributed by atoms with E-state index in [9.17, 15) is 14.7 Å². The van der Waals surface area contributed by atoms with Crippen molar-refractivity contribution in [3.05, 3.63) is 29.8 Å². The summed E-state index contributed by atoms with van der Waals surface area (Å²) in [7, 11) is 0. The predicted molar refractivity (Wildman–Crippen MR) is 67.7 cm³/mol. The number of primary amides is 1. The molecule has 1 atom stereocenters. The smallest absolute Gasteiger partial charge is 0.255 e. The van der Waals surface area contributed by atoms with Crippen LogP contribution >= 0.6 is 0 Å². The van der Waals surface area contributed by atoms with E-state index >= 15 is 0 Å². The quantitative estimate of drug-likeness (QED) is 0.784. The van der Waals surface area contributed by atoms with E-state index in [4.69, 9.17) is 10.5 Å². The first kappa shape index (κ1) is 13.4. The average Bonchev–Trinajstić information content (AvgIpc) is 2.83. The molecule has 1 aliphatic heterocycles. The van der Waals surface area contributed by atoms with Gasteiger partial charge in [0.15, 0.2) is 6.61 Å². The Morgan fingerprint density at radius 2 is 2.05 bits per heavy atom. The van der Waals surface area contributed by atoms with E-state index in [0.717, 1.165) is 0 Å². The van der Waals surface area contributed by atoms with Crippen LogP contribution in [0.3, 0.4) is 0 Å². The zero-order valence-electron chi connectivity index (χ0n) is 10.4. The lowest BCUT2D eigenvalue weighted by Gasteiger charge is -2.15. The van der Waals surface area contributed by atoms with Crippen molar-refractivity contribution in [1.29, 1.82) is 0 Å². The van der Waals surface area contributed by atoms with Crippen molar-refractivity contribution in [2.75, 3.05) is 19.7 Å². The average molecular weight is 264 g/mol. The van der Waals surface area contributed by atoms with Gasteiger partial charge in [-0.25, -0.2) is 0 Å². The number of hydrogen-bond acceptors (Lipinski definition) is 4. The fourth-order valence-corrected chi connectivity index (χ4v) is 1.96. The van der Waals surface area contributed by atoms with E-state index in [1.807, 2.05) is 0 Å². The Morgan fingerprint density at radius 1 is 1.37 bits per heavy atom.